The molecule has 0 saturated heterocycles. The molecule has 0 aromatic rings. The van der Waals surface area contributed by atoms with Gasteiger partial charge in [0, 0.05) is 19.5 Å². The Balaban J connectivity index is 3.16. The molecule has 0 aromatic heterocycles. The van der Waals surface area contributed by atoms with Crippen molar-refractivity contribution < 1.29 is 4.79 Å². The molecule has 0 atom stereocenters. The van der Waals surface area contributed by atoms with E-state index in [-0.39, 0.29) is 6.03 Å². The van der Waals surface area contributed by atoms with Crippen LogP contribution in [0.15, 0.2) is 0 Å². The van der Waals surface area contributed by atoms with Gasteiger partial charge in [0.25, 0.3) is 0 Å². The largest absolute Gasteiger partial charge is 0.338 e. The van der Waals surface area contributed by atoms with Gasteiger partial charge in [0.15, 0.2) is 0 Å². The van der Waals surface area contributed by atoms with Crippen LogP contribution in [0, 0.1) is 12.3 Å². The Hall–Kier alpha value is -1.17. The average molecular weight is 182 g/mol. The zero-order valence-electron chi connectivity index (χ0n) is 8.23. The molecule has 0 rings (SSSR count). The highest BCUT2D eigenvalue weighted by Crippen LogP contribution is 1.84. The maximum absolute atomic E-state index is 11.0. The molecular weight excluding hydrogens is 164 g/mol. The van der Waals surface area contributed by atoms with E-state index in [1.807, 2.05) is 0 Å². The summed E-state index contributed by atoms with van der Waals surface area (Å²) >= 11 is 0. The molecule has 0 aromatic carbocycles. The molecule has 0 bridgehead atoms. The second kappa shape index (κ2) is 8.92. The van der Waals surface area contributed by atoms with E-state index in [9.17, 15) is 4.79 Å². The number of carbonyl (C=O) groups excluding carboxylic acids is 1. The molecule has 13 heavy (non-hydrogen) atoms. The highest BCUT2D eigenvalue weighted by molar-refractivity contribution is 5.73. The van der Waals surface area contributed by atoms with Crippen molar-refractivity contribution in [1.29, 1.82) is 0 Å². The summed E-state index contributed by atoms with van der Waals surface area (Å²) in [5.41, 5.74) is 0. The van der Waals surface area contributed by atoms with Gasteiger partial charge in [0.1, 0.15) is 0 Å². The van der Waals surface area contributed by atoms with Crippen molar-refractivity contribution in [3.8, 4) is 12.3 Å². The molecular formula is C10H18N2O. The second-order valence-corrected chi connectivity index (χ2v) is 2.84. The molecule has 3 heteroatoms. The molecule has 0 spiro atoms. The lowest BCUT2D eigenvalue weighted by Gasteiger charge is -2.05. The van der Waals surface area contributed by atoms with Gasteiger partial charge in [-0.25, -0.2) is 4.79 Å². The molecule has 0 radical (unpaired) electrons. The van der Waals surface area contributed by atoms with Crippen LogP contribution in [0.3, 0.4) is 0 Å². The third-order valence-electron chi connectivity index (χ3n) is 1.60. The Labute approximate surface area is 80.3 Å². The fourth-order valence-corrected chi connectivity index (χ4v) is 0.834. The molecule has 74 valence electrons. The molecule has 0 fully saturated rings. The normalized spacial score (nSPS) is 8.92. The third-order valence-corrected chi connectivity index (χ3v) is 1.60. The van der Waals surface area contributed by atoms with Crippen molar-refractivity contribution in [2.24, 2.45) is 0 Å². The first-order valence-corrected chi connectivity index (χ1v) is 4.76. The topological polar surface area (TPSA) is 41.1 Å². The smallest absolute Gasteiger partial charge is 0.314 e. The number of rotatable bonds is 6. The summed E-state index contributed by atoms with van der Waals surface area (Å²) in [7, 11) is 0. The van der Waals surface area contributed by atoms with E-state index >= 15 is 0 Å². The molecule has 2 amide bonds. The third kappa shape index (κ3) is 8.74. The lowest BCUT2D eigenvalue weighted by Crippen LogP contribution is -2.36. The number of amides is 2. The van der Waals surface area contributed by atoms with Gasteiger partial charge in [-0.3, -0.25) is 0 Å². The standard InChI is InChI=1S/C10H18N2O/c1-3-5-7-9-12-10(13)11-8-6-4-2/h1H,4-9H2,2H3,(H2,11,12,13). The average Bonchev–Trinajstić information content (AvgIpc) is 2.13. The highest BCUT2D eigenvalue weighted by Gasteiger charge is 1.96. The SMILES string of the molecule is C#CCCCNC(=O)NCCCC. The van der Waals surface area contributed by atoms with E-state index in [1.54, 1.807) is 0 Å². The summed E-state index contributed by atoms with van der Waals surface area (Å²) in [6, 6.07) is -0.0922. The maximum Gasteiger partial charge on any atom is 0.314 e. The molecule has 0 unspecified atom stereocenters. The lowest BCUT2D eigenvalue weighted by atomic mass is 10.3. The Morgan fingerprint density at radius 2 is 1.92 bits per heavy atom. The number of unbranched alkanes of at least 4 members (excludes halogenated alkanes) is 2. The summed E-state index contributed by atoms with van der Waals surface area (Å²) in [5, 5.41) is 5.49. The summed E-state index contributed by atoms with van der Waals surface area (Å²) in [6.45, 7) is 3.49. The molecule has 0 heterocycles. The van der Waals surface area contributed by atoms with Crippen molar-refractivity contribution in [3.63, 3.8) is 0 Å². The number of urea groups is 1. The van der Waals surface area contributed by atoms with E-state index in [2.05, 4.69) is 23.5 Å². The molecule has 0 aliphatic carbocycles. The summed E-state index contributed by atoms with van der Waals surface area (Å²) in [4.78, 5) is 11.0. The minimum atomic E-state index is -0.0922. The number of nitrogens with one attached hydrogen (secondary N) is 2. The van der Waals surface area contributed by atoms with Crippen LogP contribution >= 0.6 is 0 Å². The van der Waals surface area contributed by atoms with Gasteiger partial charge in [0.05, 0.1) is 0 Å². The van der Waals surface area contributed by atoms with Gasteiger partial charge < -0.3 is 10.6 Å². The van der Waals surface area contributed by atoms with Gasteiger partial charge in [-0.1, -0.05) is 13.3 Å². The zero-order valence-corrected chi connectivity index (χ0v) is 8.23. The molecule has 2 N–H and O–H groups in total. The monoisotopic (exact) mass is 182 g/mol. The number of carbonyl (C=O) groups is 1. The summed E-state index contributed by atoms with van der Waals surface area (Å²) in [6.07, 6.45) is 8.75. The molecule has 0 aliphatic heterocycles. The van der Waals surface area contributed by atoms with Crippen LogP contribution in [-0.4, -0.2) is 19.1 Å². The van der Waals surface area contributed by atoms with Gasteiger partial charge in [-0.15, -0.1) is 12.3 Å². The number of hydrogen-bond donors (Lipinski definition) is 2. The molecule has 0 saturated carbocycles. The summed E-state index contributed by atoms with van der Waals surface area (Å²) in [5.74, 6) is 2.52. The van der Waals surface area contributed by atoms with Gasteiger partial charge in [-0.2, -0.15) is 0 Å². The Bertz CT molecular complexity index is 172. The van der Waals surface area contributed by atoms with Crippen LogP contribution in [0.5, 0.6) is 0 Å². The first kappa shape index (κ1) is 11.8. The predicted octanol–water partition coefficient (Wildman–Crippen LogP) is 1.50. The first-order valence-electron chi connectivity index (χ1n) is 4.76. The first-order chi connectivity index (χ1) is 6.31. The van der Waals surface area contributed by atoms with E-state index in [4.69, 9.17) is 6.42 Å². The van der Waals surface area contributed by atoms with Gasteiger partial charge in [-0.05, 0) is 12.8 Å². The van der Waals surface area contributed by atoms with Crippen LogP contribution in [0.4, 0.5) is 4.79 Å². The minimum absolute atomic E-state index is 0.0922. The Morgan fingerprint density at radius 3 is 2.46 bits per heavy atom. The zero-order chi connectivity index (χ0) is 9.94. The fraction of sp³-hybridized carbons (Fsp3) is 0.700. The minimum Gasteiger partial charge on any atom is -0.338 e. The van der Waals surface area contributed by atoms with E-state index in [0.717, 1.165) is 32.2 Å². The maximum atomic E-state index is 11.0. The van der Waals surface area contributed by atoms with E-state index in [1.165, 1.54) is 0 Å². The van der Waals surface area contributed by atoms with Crippen molar-refractivity contribution in [2.75, 3.05) is 13.1 Å². The number of hydrogen-bond acceptors (Lipinski definition) is 1. The van der Waals surface area contributed by atoms with Crippen molar-refractivity contribution in [3.05, 3.63) is 0 Å². The van der Waals surface area contributed by atoms with Crippen LogP contribution in [0.2, 0.25) is 0 Å². The van der Waals surface area contributed by atoms with Crippen LogP contribution in [-0.2, 0) is 0 Å². The Kier molecular flexibility index (Phi) is 8.12. The van der Waals surface area contributed by atoms with Crippen LogP contribution < -0.4 is 10.6 Å². The van der Waals surface area contributed by atoms with E-state index < -0.39 is 0 Å². The van der Waals surface area contributed by atoms with Gasteiger partial charge >= 0.3 is 6.03 Å². The predicted molar refractivity (Wildman–Crippen MR) is 54.4 cm³/mol. The molecule has 3 nitrogen and oxygen atoms in total. The lowest BCUT2D eigenvalue weighted by molar-refractivity contribution is 0.240. The number of terminal acetylenes is 1. The fourth-order valence-electron chi connectivity index (χ4n) is 0.834. The van der Waals surface area contributed by atoms with Crippen molar-refractivity contribution in [1.82, 2.24) is 10.6 Å². The second-order valence-electron chi connectivity index (χ2n) is 2.84. The summed E-state index contributed by atoms with van der Waals surface area (Å²) < 4.78 is 0. The van der Waals surface area contributed by atoms with Crippen LogP contribution in [0.25, 0.3) is 0 Å². The highest BCUT2D eigenvalue weighted by atomic mass is 16.2. The van der Waals surface area contributed by atoms with Gasteiger partial charge in [0.2, 0.25) is 0 Å². The Morgan fingerprint density at radius 1 is 1.31 bits per heavy atom. The quantitative estimate of drug-likeness (QED) is 0.474. The van der Waals surface area contributed by atoms with Crippen LogP contribution in [0.1, 0.15) is 32.6 Å². The van der Waals surface area contributed by atoms with Crippen molar-refractivity contribution in [2.45, 2.75) is 32.6 Å². The van der Waals surface area contributed by atoms with E-state index in [0.29, 0.717) is 6.54 Å². The molecule has 0 aliphatic rings. The van der Waals surface area contributed by atoms with Crippen molar-refractivity contribution >= 4 is 6.03 Å².